The molecule has 0 bridgehead atoms. The van der Waals surface area contributed by atoms with Gasteiger partial charge in [-0.2, -0.15) is 5.10 Å². The molecule has 1 aromatic heterocycles. The van der Waals surface area contributed by atoms with Crippen LogP contribution in [0.15, 0.2) is 54.7 Å². The van der Waals surface area contributed by atoms with Crippen LogP contribution in [0.1, 0.15) is 12.0 Å². The molecule has 0 radical (unpaired) electrons. The fraction of sp³-hybridized carbons (Fsp3) is 0.286. The van der Waals surface area contributed by atoms with Crippen LogP contribution in [0.4, 0.5) is 5.69 Å². The van der Waals surface area contributed by atoms with Gasteiger partial charge in [0.05, 0.1) is 32.6 Å². The predicted molar refractivity (Wildman–Crippen MR) is 104 cm³/mol. The summed E-state index contributed by atoms with van der Waals surface area (Å²) in [5.74, 6) is 1.52. The van der Waals surface area contributed by atoms with E-state index in [0.29, 0.717) is 13.2 Å². The third-order valence-electron chi connectivity index (χ3n) is 4.61. The standard InChI is InChI=1S/C21H23N3O3/c1-25-17-6-7-19(21(12-17)27-18-9-11-26-14-18)20-8-10-24(23-20)13-15-2-4-16(22)5-3-15/h2-8,10,12,18H,9,11,13-14,22H2,1H3/t18-/m1/s1. The van der Waals surface area contributed by atoms with E-state index in [1.54, 1.807) is 7.11 Å². The number of nitrogen functional groups attached to an aromatic ring is 1. The average molecular weight is 365 g/mol. The fourth-order valence-electron chi connectivity index (χ4n) is 3.13. The van der Waals surface area contributed by atoms with Gasteiger partial charge in [0, 0.05) is 29.9 Å². The minimum Gasteiger partial charge on any atom is -0.497 e. The smallest absolute Gasteiger partial charge is 0.133 e. The average Bonchev–Trinajstić information content (AvgIpc) is 3.36. The molecule has 1 atom stereocenters. The minimum atomic E-state index is 0.0627. The summed E-state index contributed by atoms with van der Waals surface area (Å²) in [5, 5.41) is 4.72. The van der Waals surface area contributed by atoms with Crippen molar-refractivity contribution in [3.63, 3.8) is 0 Å². The molecule has 0 spiro atoms. The zero-order valence-corrected chi connectivity index (χ0v) is 15.3. The molecule has 140 valence electrons. The van der Waals surface area contributed by atoms with Crippen LogP contribution in [-0.2, 0) is 11.3 Å². The van der Waals surface area contributed by atoms with Crippen LogP contribution in [-0.4, -0.2) is 36.2 Å². The quantitative estimate of drug-likeness (QED) is 0.678. The summed E-state index contributed by atoms with van der Waals surface area (Å²) < 4.78 is 18.9. The highest BCUT2D eigenvalue weighted by atomic mass is 16.5. The summed E-state index contributed by atoms with van der Waals surface area (Å²) in [6.07, 6.45) is 2.92. The molecule has 2 N–H and O–H groups in total. The maximum atomic E-state index is 6.18. The van der Waals surface area contributed by atoms with Crippen molar-refractivity contribution in [1.82, 2.24) is 9.78 Å². The number of methoxy groups -OCH3 is 1. The highest BCUT2D eigenvalue weighted by Crippen LogP contribution is 2.34. The lowest BCUT2D eigenvalue weighted by Crippen LogP contribution is -2.16. The number of hydrogen-bond acceptors (Lipinski definition) is 5. The van der Waals surface area contributed by atoms with E-state index in [-0.39, 0.29) is 6.10 Å². The summed E-state index contributed by atoms with van der Waals surface area (Å²) in [7, 11) is 1.65. The second-order valence-corrected chi connectivity index (χ2v) is 6.61. The molecular weight excluding hydrogens is 342 g/mol. The third kappa shape index (κ3) is 4.06. The van der Waals surface area contributed by atoms with Crippen LogP contribution >= 0.6 is 0 Å². The Kier molecular flexibility index (Phi) is 4.98. The Morgan fingerprint density at radius 2 is 2.04 bits per heavy atom. The van der Waals surface area contributed by atoms with Crippen molar-refractivity contribution < 1.29 is 14.2 Å². The van der Waals surface area contributed by atoms with Crippen molar-refractivity contribution in [2.45, 2.75) is 19.1 Å². The van der Waals surface area contributed by atoms with Crippen molar-refractivity contribution in [1.29, 1.82) is 0 Å². The van der Waals surface area contributed by atoms with E-state index in [1.165, 1.54) is 0 Å². The normalized spacial score (nSPS) is 16.4. The van der Waals surface area contributed by atoms with E-state index in [2.05, 4.69) is 0 Å². The zero-order valence-electron chi connectivity index (χ0n) is 15.3. The van der Waals surface area contributed by atoms with Gasteiger partial charge in [-0.1, -0.05) is 12.1 Å². The number of aromatic nitrogens is 2. The van der Waals surface area contributed by atoms with Crippen molar-refractivity contribution in [2.24, 2.45) is 0 Å². The number of nitrogens with zero attached hydrogens (tertiary/aromatic N) is 2. The SMILES string of the molecule is COc1ccc(-c2ccn(Cc3ccc(N)cc3)n2)c(O[C@@H]2CCOC2)c1. The van der Waals surface area contributed by atoms with Crippen molar-refractivity contribution in [3.8, 4) is 22.8 Å². The Balaban J connectivity index is 1.58. The van der Waals surface area contributed by atoms with Gasteiger partial charge in [-0.3, -0.25) is 4.68 Å². The van der Waals surface area contributed by atoms with Gasteiger partial charge in [-0.15, -0.1) is 0 Å². The highest BCUT2D eigenvalue weighted by molar-refractivity contribution is 5.68. The molecule has 6 nitrogen and oxygen atoms in total. The molecule has 0 unspecified atom stereocenters. The predicted octanol–water partition coefficient (Wildman–Crippen LogP) is 3.36. The molecule has 0 amide bonds. The molecule has 0 saturated carbocycles. The molecular formula is C21H23N3O3. The van der Waals surface area contributed by atoms with Crippen LogP contribution in [0.3, 0.4) is 0 Å². The maximum Gasteiger partial charge on any atom is 0.133 e. The van der Waals surface area contributed by atoms with Gasteiger partial charge >= 0.3 is 0 Å². The number of benzene rings is 2. The van der Waals surface area contributed by atoms with Crippen LogP contribution in [0.5, 0.6) is 11.5 Å². The summed E-state index contributed by atoms with van der Waals surface area (Å²) in [6, 6.07) is 15.6. The first-order valence-corrected chi connectivity index (χ1v) is 9.02. The first kappa shape index (κ1) is 17.4. The third-order valence-corrected chi connectivity index (χ3v) is 4.61. The lowest BCUT2D eigenvalue weighted by atomic mass is 10.1. The monoisotopic (exact) mass is 365 g/mol. The fourth-order valence-corrected chi connectivity index (χ4v) is 3.13. The van der Waals surface area contributed by atoms with Gasteiger partial charge in [0.1, 0.15) is 17.6 Å². The molecule has 6 heteroatoms. The van der Waals surface area contributed by atoms with E-state index in [1.807, 2.05) is 59.4 Å². The number of rotatable bonds is 6. The van der Waals surface area contributed by atoms with Crippen molar-refractivity contribution >= 4 is 5.69 Å². The molecule has 1 saturated heterocycles. The Morgan fingerprint density at radius 3 is 2.78 bits per heavy atom. The summed E-state index contributed by atoms with van der Waals surface area (Å²) in [6.45, 7) is 2.03. The first-order valence-electron chi connectivity index (χ1n) is 9.02. The molecule has 1 aliphatic heterocycles. The lowest BCUT2D eigenvalue weighted by Gasteiger charge is -2.16. The van der Waals surface area contributed by atoms with Crippen LogP contribution in [0.2, 0.25) is 0 Å². The first-order chi connectivity index (χ1) is 13.2. The summed E-state index contributed by atoms with van der Waals surface area (Å²) in [5.41, 5.74) is 9.46. The van der Waals surface area contributed by atoms with Gasteiger partial charge in [0.2, 0.25) is 0 Å². The van der Waals surface area contributed by atoms with Crippen LogP contribution < -0.4 is 15.2 Å². The Morgan fingerprint density at radius 1 is 1.19 bits per heavy atom. The number of ether oxygens (including phenoxy) is 3. The number of hydrogen-bond donors (Lipinski definition) is 1. The molecule has 27 heavy (non-hydrogen) atoms. The Labute approximate surface area is 158 Å². The van der Waals surface area contributed by atoms with Gasteiger partial charge in [0.15, 0.2) is 0 Å². The van der Waals surface area contributed by atoms with Gasteiger partial charge in [0.25, 0.3) is 0 Å². The molecule has 2 heterocycles. The second kappa shape index (κ2) is 7.72. The Hall–Kier alpha value is -2.99. The molecule has 3 aromatic rings. The zero-order chi connectivity index (χ0) is 18.6. The van der Waals surface area contributed by atoms with Crippen molar-refractivity contribution in [3.05, 3.63) is 60.3 Å². The molecule has 4 rings (SSSR count). The minimum absolute atomic E-state index is 0.0627. The van der Waals surface area contributed by atoms with E-state index < -0.39 is 0 Å². The van der Waals surface area contributed by atoms with E-state index >= 15 is 0 Å². The largest absolute Gasteiger partial charge is 0.497 e. The van der Waals surface area contributed by atoms with E-state index in [9.17, 15) is 0 Å². The molecule has 1 fully saturated rings. The summed E-state index contributed by atoms with van der Waals surface area (Å²) >= 11 is 0. The van der Waals surface area contributed by atoms with Crippen LogP contribution in [0.25, 0.3) is 11.3 Å². The number of anilines is 1. The molecule has 1 aliphatic rings. The van der Waals surface area contributed by atoms with Gasteiger partial charge in [-0.25, -0.2) is 0 Å². The second-order valence-electron chi connectivity index (χ2n) is 6.61. The van der Waals surface area contributed by atoms with E-state index in [4.69, 9.17) is 25.0 Å². The number of nitrogens with two attached hydrogens (primary N) is 1. The van der Waals surface area contributed by atoms with E-state index in [0.717, 1.165) is 47.0 Å². The lowest BCUT2D eigenvalue weighted by molar-refractivity contribution is 0.141. The van der Waals surface area contributed by atoms with Gasteiger partial charge in [-0.05, 0) is 35.9 Å². The Bertz CT molecular complexity index is 899. The summed E-state index contributed by atoms with van der Waals surface area (Å²) in [4.78, 5) is 0. The van der Waals surface area contributed by atoms with Crippen molar-refractivity contribution in [2.75, 3.05) is 26.1 Å². The topological polar surface area (TPSA) is 71.5 Å². The van der Waals surface area contributed by atoms with Gasteiger partial charge < -0.3 is 19.9 Å². The maximum absolute atomic E-state index is 6.18. The molecule has 0 aliphatic carbocycles. The van der Waals surface area contributed by atoms with Crippen LogP contribution in [0, 0.1) is 0 Å². The molecule has 2 aromatic carbocycles. The highest BCUT2D eigenvalue weighted by Gasteiger charge is 2.20.